The van der Waals surface area contributed by atoms with Crippen molar-refractivity contribution < 1.29 is 14.3 Å². The minimum Gasteiger partial charge on any atom is -0.461 e. The molecule has 0 heterocycles. The van der Waals surface area contributed by atoms with Crippen molar-refractivity contribution in [1.29, 1.82) is 0 Å². The van der Waals surface area contributed by atoms with Crippen LogP contribution < -0.4 is 11.5 Å². The van der Waals surface area contributed by atoms with E-state index >= 15 is 0 Å². The summed E-state index contributed by atoms with van der Waals surface area (Å²) in [5.41, 5.74) is 11.1. The van der Waals surface area contributed by atoms with Gasteiger partial charge in [-0.2, -0.15) is 0 Å². The largest absolute Gasteiger partial charge is 0.461 e. The van der Waals surface area contributed by atoms with Gasteiger partial charge in [-0.25, -0.2) is 0 Å². The van der Waals surface area contributed by atoms with E-state index in [1.54, 1.807) is 0 Å². The lowest BCUT2D eigenvalue weighted by Crippen LogP contribution is -2.38. The van der Waals surface area contributed by atoms with Crippen LogP contribution in [-0.2, 0) is 20.9 Å². The number of carbonyl (C=O) groups is 2. The fraction of sp³-hybridized carbons (Fsp3) is 0.273. The molecular formula is C11H14N2O3. The molecule has 1 atom stereocenters. The second-order valence-electron chi connectivity index (χ2n) is 3.36. The average molecular weight is 222 g/mol. The quantitative estimate of drug-likeness (QED) is 0.682. The van der Waals surface area contributed by atoms with E-state index in [1.807, 2.05) is 30.3 Å². The van der Waals surface area contributed by atoms with Crippen LogP contribution in [0, 0.1) is 0 Å². The summed E-state index contributed by atoms with van der Waals surface area (Å²) in [6, 6.07) is 8.25. The van der Waals surface area contributed by atoms with Gasteiger partial charge in [-0.05, 0) is 5.56 Å². The molecule has 5 nitrogen and oxygen atoms in total. The molecule has 1 aromatic carbocycles. The number of carbonyl (C=O) groups excluding carboxylic acids is 2. The predicted octanol–water partition coefficient (Wildman–Crippen LogP) is -0.0675. The summed E-state index contributed by atoms with van der Waals surface area (Å²) < 4.78 is 4.92. The number of amides is 1. The molecule has 0 aliphatic heterocycles. The van der Waals surface area contributed by atoms with E-state index < -0.39 is 17.9 Å². The van der Waals surface area contributed by atoms with Crippen LogP contribution in [0.25, 0.3) is 0 Å². The molecular weight excluding hydrogens is 208 g/mol. The molecule has 0 radical (unpaired) electrons. The maximum Gasteiger partial charge on any atom is 0.308 e. The first-order valence-electron chi connectivity index (χ1n) is 4.84. The fourth-order valence-corrected chi connectivity index (χ4v) is 1.08. The number of ether oxygens (including phenoxy) is 1. The second kappa shape index (κ2) is 5.87. The van der Waals surface area contributed by atoms with Gasteiger partial charge in [-0.15, -0.1) is 0 Å². The van der Waals surface area contributed by atoms with Crippen LogP contribution in [0.4, 0.5) is 0 Å². The Balaban J connectivity index is 2.33. The fourth-order valence-electron chi connectivity index (χ4n) is 1.08. The number of hydrogen-bond donors (Lipinski definition) is 2. The molecule has 4 N–H and O–H groups in total. The molecule has 1 aromatic rings. The second-order valence-corrected chi connectivity index (χ2v) is 3.36. The summed E-state index contributed by atoms with van der Waals surface area (Å²) in [7, 11) is 0. The number of primary amides is 1. The zero-order chi connectivity index (χ0) is 12.0. The van der Waals surface area contributed by atoms with Crippen molar-refractivity contribution in [3.05, 3.63) is 35.9 Å². The van der Waals surface area contributed by atoms with Gasteiger partial charge in [0.25, 0.3) is 0 Å². The smallest absolute Gasteiger partial charge is 0.308 e. The Hall–Kier alpha value is -1.88. The highest BCUT2D eigenvalue weighted by Crippen LogP contribution is 2.02. The lowest BCUT2D eigenvalue weighted by Gasteiger charge is -2.07. The molecule has 1 amide bonds. The number of hydrogen-bond acceptors (Lipinski definition) is 4. The molecule has 0 unspecified atom stereocenters. The van der Waals surface area contributed by atoms with Crippen LogP contribution in [0.15, 0.2) is 30.3 Å². The van der Waals surface area contributed by atoms with Gasteiger partial charge in [0.05, 0.1) is 12.5 Å². The standard InChI is InChI=1S/C11H14N2O3/c12-9(11(13)15)6-10(14)16-7-8-4-2-1-3-5-8/h1-5,9H,6-7,12H2,(H2,13,15)/t9-/m0/s1. The Labute approximate surface area is 93.4 Å². The molecule has 16 heavy (non-hydrogen) atoms. The Morgan fingerprint density at radius 2 is 1.88 bits per heavy atom. The molecule has 1 rings (SSSR count). The number of rotatable bonds is 5. The molecule has 0 saturated carbocycles. The first-order chi connectivity index (χ1) is 7.59. The SMILES string of the molecule is NC(=O)[C@@H](N)CC(=O)OCc1ccccc1. The van der Waals surface area contributed by atoms with E-state index in [1.165, 1.54) is 0 Å². The van der Waals surface area contributed by atoms with Crippen molar-refractivity contribution in [2.24, 2.45) is 11.5 Å². The molecule has 0 fully saturated rings. The van der Waals surface area contributed by atoms with Gasteiger partial charge < -0.3 is 16.2 Å². The average Bonchev–Trinajstić information content (AvgIpc) is 2.27. The van der Waals surface area contributed by atoms with Gasteiger partial charge in [-0.1, -0.05) is 30.3 Å². The summed E-state index contributed by atoms with van der Waals surface area (Å²) in [6.07, 6.45) is -0.192. The van der Waals surface area contributed by atoms with Crippen LogP contribution in [0.3, 0.4) is 0 Å². The third kappa shape index (κ3) is 4.10. The molecule has 0 aliphatic carbocycles. The van der Waals surface area contributed by atoms with Crippen molar-refractivity contribution in [2.75, 3.05) is 0 Å². The summed E-state index contributed by atoms with van der Waals surface area (Å²) in [5, 5.41) is 0. The van der Waals surface area contributed by atoms with Gasteiger partial charge >= 0.3 is 5.97 Å². The number of benzene rings is 1. The van der Waals surface area contributed by atoms with Crippen molar-refractivity contribution in [3.8, 4) is 0 Å². The van der Waals surface area contributed by atoms with Crippen LogP contribution in [-0.4, -0.2) is 17.9 Å². The lowest BCUT2D eigenvalue weighted by atomic mass is 10.2. The summed E-state index contributed by atoms with van der Waals surface area (Å²) in [6.45, 7) is 0.172. The highest BCUT2D eigenvalue weighted by atomic mass is 16.5. The molecule has 0 aromatic heterocycles. The first kappa shape index (κ1) is 12.2. The molecule has 0 saturated heterocycles. The number of esters is 1. The van der Waals surface area contributed by atoms with Crippen LogP contribution in [0.5, 0.6) is 0 Å². The molecule has 0 aliphatic rings. The lowest BCUT2D eigenvalue weighted by molar-refractivity contribution is -0.146. The van der Waals surface area contributed by atoms with E-state index in [4.69, 9.17) is 16.2 Å². The monoisotopic (exact) mass is 222 g/mol. The molecule has 0 bridgehead atoms. The normalized spacial score (nSPS) is 11.8. The highest BCUT2D eigenvalue weighted by Gasteiger charge is 2.15. The van der Waals surface area contributed by atoms with E-state index in [-0.39, 0.29) is 13.0 Å². The van der Waals surface area contributed by atoms with Gasteiger partial charge in [0.2, 0.25) is 5.91 Å². The zero-order valence-electron chi connectivity index (χ0n) is 8.76. The third-order valence-corrected chi connectivity index (χ3v) is 1.99. The predicted molar refractivity (Wildman–Crippen MR) is 58.0 cm³/mol. The topological polar surface area (TPSA) is 95.4 Å². The van der Waals surface area contributed by atoms with E-state index in [9.17, 15) is 9.59 Å². The minimum atomic E-state index is -0.983. The Morgan fingerprint density at radius 1 is 1.25 bits per heavy atom. The molecule has 86 valence electrons. The van der Waals surface area contributed by atoms with Crippen molar-refractivity contribution >= 4 is 11.9 Å². The Morgan fingerprint density at radius 3 is 2.44 bits per heavy atom. The molecule has 0 spiro atoms. The summed E-state index contributed by atoms with van der Waals surface area (Å²) >= 11 is 0. The van der Waals surface area contributed by atoms with Crippen LogP contribution in [0.2, 0.25) is 0 Å². The molecule has 5 heteroatoms. The maximum absolute atomic E-state index is 11.2. The van der Waals surface area contributed by atoms with Crippen LogP contribution >= 0.6 is 0 Å². The van der Waals surface area contributed by atoms with Gasteiger partial charge in [-0.3, -0.25) is 9.59 Å². The van der Waals surface area contributed by atoms with E-state index in [0.29, 0.717) is 0 Å². The van der Waals surface area contributed by atoms with Crippen molar-refractivity contribution in [1.82, 2.24) is 0 Å². The van der Waals surface area contributed by atoms with Crippen LogP contribution in [0.1, 0.15) is 12.0 Å². The highest BCUT2D eigenvalue weighted by molar-refractivity contribution is 5.85. The van der Waals surface area contributed by atoms with E-state index in [2.05, 4.69) is 0 Å². The Kier molecular flexibility index (Phi) is 4.47. The summed E-state index contributed by atoms with van der Waals surface area (Å²) in [4.78, 5) is 21.8. The Bertz CT molecular complexity index is 365. The third-order valence-electron chi connectivity index (χ3n) is 1.99. The van der Waals surface area contributed by atoms with E-state index in [0.717, 1.165) is 5.56 Å². The first-order valence-corrected chi connectivity index (χ1v) is 4.84. The summed E-state index contributed by atoms with van der Waals surface area (Å²) in [5.74, 6) is -1.24. The van der Waals surface area contributed by atoms with Gasteiger partial charge in [0.15, 0.2) is 0 Å². The van der Waals surface area contributed by atoms with Gasteiger partial charge in [0, 0.05) is 0 Å². The zero-order valence-corrected chi connectivity index (χ0v) is 8.76. The van der Waals surface area contributed by atoms with Crippen molar-refractivity contribution in [3.63, 3.8) is 0 Å². The minimum absolute atomic E-state index is 0.172. The van der Waals surface area contributed by atoms with Crippen molar-refractivity contribution in [2.45, 2.75) is 19.1 Å². The van der Waals surface area contributed by atoms with Gasteiger partial charge in [0.1, 0.15) is 6.61 Å². The number of nitrogens with two attached hydrogens (primary N) is 2. The maximum atomic E-state index is 11.2.